The van der Waals surface area contributed by atoms with Gasteiger partial charge in [-0.3, -0.25) is 0 Å². The van der Waals surface area contributed by atoms with E-state index in [4.69, 9.17) is 34.8 Å². The molecule has 0 N–H and O–H groups in total. The van der Waals surface area contributed by atoms with Crippen molar-refractivity contribution in [2.75, 3.05) is 0 Å². The summed E-state index contributed by atoms with van der Waals surface area (Å²) < 4.78 is 11.6. The monoisotopic (exact) mass is 288 g/mol. The van der Waals surface area contributed by atoms with E-state index in [2.05, 4.69) is 0 Å². The Morgan fingerprint density at radius 1 is 0.765 bits per heavy atom. The molecule has 0 fully saturated rings. The Morgan fingerprint density at radius 2 is 1.18 bits per heavy atom. The highest BCUT2D eigenvalue weighted by molar-refractivity contribution is 6.50. The molecule has 88 valence electrons. The molecule has 0 unspecified atom stereocenters. The molecule has 2 aromatic carbocycles. The van der Waals surface area contributed by atoms with E-state index < -0.39 is 4.33 Å². The van der Waals surface area contributed by atoms with E-state index >= 15 is 0 Å². The van der Waals surface area contributed by atoms with Crippen LogP contribution in [0.15, 0.2) is 48.5 Å². The van der Waals surface area contributed by atoms with Crippen LogP contribution in [-0.2, 0) is 4.33 Å². The van der Waals surface area contributed by atoms with Crippen LogP contribution < -0.4 is 0 Å². The average Bonchev–Trinajstić information content (AvgIpc) is 2.30. The van der Waals surface area contributed by atoms with E-state index in [1.54, 1.807) is 36.4 Å². The van der Waals surface area contributed by atoms with Gasteiger partial charge >= 0.3 is 0 Å². The number of hydrogen-bond donors (Lipinski definition) is 0. The van der Waals surface area contributed by atoms with Gasteiger partial charge in [0.25, 0.3) is 0 Å². The van der Waals surface area contributed by atoms with Crippen LogP contribution in [0.1, 0.15) is 11.1 Å². The number of halogens is 4. The second-order valence-corrected chi connectivity index (χ2v) is 5.35. The van der Waals surface area contributed by atoms with Crippen LogP contribution in [0.4, 0.5) is 4.39 Å². The molecule has 4 heteroatoms. The third-order valence-electron chi connectivity index (χ3n) is 2.41. The lowest BCUT2D eigenvalue weighted by Gasteiger charge is -2.20. The quantitative estimate of drug-likeness (QED) is 0.670. The fraction of sp³-hybridized carbons (Fsp3) is 0.0769. The van der Waals surface area contributed by atoms with Crippen molar-refractivity contribution in [3.8, 4) is 0 Å². The van der Waals surface area contributed by atoms with Gasteiger partial charge < -0.3 is 0 Å². The van der Waals surface area contributed by atoms with Gasteiger partial charge in [-0.2, -0.15) is 0 Å². The van der Waals surface area contributed by atoms with Crippen molar-refractivity contribution in [1.29, 1.82) is 0 Å². The van der Waals surface area contributed by atoms with Crippen LogP contribution in [0.2, 0.25) is 5.02 Å². The highest BCUT2D eigenvalue weighted by Gasteiger charge is 2.28. The number of rotatable bonds is 2. The van der Waals surface area contributed by atoms with Crippen LogP contribution in [0, 0.1) is 5.82 Å². The molecular weight excluding hydrogens is 282 g/mol. The smallest absolute Gasteiger partial charge is 0.168 e. The first kappa shape index (κ1) is 12.7. The van der Waals surface area contributed by atoms with Gasteiger partial charge in [-0.25, -0.2) is 4.39 Å². The van der Waals surface area contributed by atoms with Crippen LogP contribution in [0.3, 0.4) is 0 Å². The van der Waals surface area contributed by atoms with Crippen molar-refractivity contribution < 1.29 is 4.39 Å². The zero-order valence-electron chi connectivity index (χ0n) is 8.63. The molecule has 0 saturated heterocycles. The summed E-state index contributed by atoms with van der Waals surface area (Å²) in [6, 6.07) is 12.7. The number of alkyl halides is 2. The SMILES string of the molecule is Fc1ccc(C(Cl)(Cl)c2ccc(Cl)cc2)cc1. The second-order valence-electron chi connectivity index (χ2n) is 3.59. The first-order valence-corrected chi connectivity index (χ1v) is 6.03. The highest BCUT2D eigenvalue weighted by Crippen LogP contribution is 2.40. The van der Waals surface area contributed by atoms with E-state index in [1.807, 2.05) is 0 Å². The average molecular weight is 290 g/mol. The molecule has 17 heavy (non-hydrogen) atoms. The summed E-state index contributed by atoms with van der Waals surface area (Å²) in [6.07, 6.45) is 0. The largest absolute Gasteiger partial charge is 0.207 e. The molecule has 0 spiro atoms. The topological polar surface area (TPSA) is 0 Å². The van der Waals surface area contributed by atoms with Crippen LogP contribution in [-0.4, -0.2) is 0 Å². The Kier molecular flexibility index (Phi) is 3.62. The Bertz CT molecular complexity index is 456. The van der Waals surface area contributed by atoms with Crippen molar-refractivity contribution in [1.82, 2.24) is 0 Å². The molecule has 0 saturated carbocycles. The Balaban J connectivity index is 2.41. The van der Waals surface area contributed by atoms with E-state index in [0.717, 1.165) is 0 Å². The maximum Gasteiger partial charge on any atom is 0.168 e. The fourth-order valence-corrected chi connectivity index (χ4v) is 2.12. The molecule has 0 amide bonds. The first-order chi connectivity index (χ1) is 8.00. The zero-order valence-corrected chi connectivity index (χ0v) is 10.9. The van der Waals surface area contributed by atoms with Gasteiger partial charge in [0.1, 0.15) is 5.82 Å². The molecule has 0 aromatic heterocycles. The Labute approximate surface area is 114 Å². The molecule has 0 aliphatic heterocycles. The van der Waals surface area contributed by atoms with Crippen molar-refractivity contribution >= 4 is 34.8 Å². The normalized spacial score (nSPS) is 11.5. The molecule has 0 radical (unpaired) electrons. The van der Waals surface area contributed by atoms with Gasteiger partial charge in [0.15, 0.2) is 4.33 Å². The van der Waals surface area contributed by atoms with Crippen molar-refractivity contribution in [2.45, 2.75) is 4.33 Å². The summed E-state index contributed by atoms with van der Waals surface area (Å²) in [4.78, 5) is 0. The Morgan fingerprint density at radius 3 is 1.65 bits per heavy atom. The molecular formula is C13H8Cl3F. The third-order valence-corrected chi connectivity index (χ3v) is 3.54. The molecule has 2 rings (SSSR count). The summed E-state index contributed by atoms with van der Waals surface area (Å²) in [5, 5.41) is 0.608. The van der Waals surface area contributed by atoms with E-state index in [1.165, 1.54) is 12.1 Å². The zero-order chi connectivity index (χ0) is 12.5. The van der Waals surface area contributed by atoms with Crippen LogP contribution in [0.25, 0.3) is 0 Å². The lowest BCUT2D eigenvalue weighted by molar-refractivity contribution is 0.627. The van der Waals surface area contributed by atoms with Gasteiger partial charge in [-0.15, -0.1) is 0 Å². The number of benzene rings is 2. The van der Waals surface area contributed by atoms with Gasteiger partial charge in [0.2, 0.25) is 0 Å². The van der Waals surface area contributed by atoms with Crippen LogP contribution in [0.5, 0.6) is 0 Å². The Hall–Kier alpha value is -0.760. The van der Waals surface area contributed by atoms with Gasteiger partial charge in [-0.05, 0) is 35.4 Å². The molecule has 0 bridgehead atoms. The number of hydrogen-bond acceptors (Lipinski definition) is 0. The van der Waals surface area contributed by atoms with Gasteiger partial charge in [0.05, 0.1) is 0 Å². The third kappa shape index (κ3) is 2.74. The maximum absolute atomic E-state index is 12.8. The van der Waals surface area contributed by atoms with E-state index in [9.17, 15) is 4.39 Å². The molecule has 0 nitrogen and oxygen atoms in total. The summed E-state index contributed by atoms with van der Waals surface area (Å²) in [5.74, 6) is -0.325. The van der Waals surface area contributed by atoms with Gasteiger partial charge in [-0.1, -0.05) is 59.1 Å². The van der Waals surface area contributed by atoms with Crippen molar-refractivity contribution in [3.05, 3.63) is 70.5 Å². The minimum absolute atomic E-state index is 0.325. The van der Waals surface area contributed by atoms with E-state index in [-0.39, 0.29) is 5.82 Å². The highest BCUT2D eigenvalue weighted by atomic mass is 35.5. The summed E-state index contributed by atoms with van der Waals surface area (Å²) >= 11 is 18.4. The molecule has 0 atom stereocenters. The second kappa shape index (κ2) is 4.85. The fourth-order valence-electron chi connectivity index (χ4n) is 1.49. The lowest BCUT2D eigenvalue weighted by Crippen LogP contribution is -2.12. The van der Waals surface area contributed by atoms with Crippen molar-refractivity contribution in [3.63, 3.8) is 0 Å². The minimum Gasteiger partial charge on any atom is -0.207 e. The lowest BCUT2D eigenvalue weighted by atomic mass is 10.0. The van der Waals surface area contributed by atoms with Crippen molar-refractivity contribution in [2.24, 2.45) is 0 Å². The summed E-state index contributed by atoms with van der Waals surface area (Å²) in [6.45, 7) is 0. The summed E-state index contributed by atoms with van der Waals surface area (Å²) in [5.41, 5.74) is 1.31. The predicted octanol–water partition coefficient (Wildman–Crippen LogP) is 5.16. The standard InChI is InChI=1S/C13H8Cl3F/c14-11-5-1-9(2-6-11)13(15,16)10-3-7-12(17)8-4-10/h1-8H. The van der Waals surface area contributed by atoms with Gasteiger partial charge in [0, 0.05) is 5.02 Å². The summed E-state index contributed by atoms with van der Waals surface area (Å²) in [7, 11) is 0. The molecule has 2 aromatic rings. The van der Waals surface area contributed by atoms with Crippen LogP contribution >= 0.6 is 34.8 Å². The molecule has 0 heterocycles. The minimum atomic E-state index is -1.21. The molecule has 0 aliphatic rings. The first-order valence-electron chi connectivity index (χ1n) is 4.90. The predicted molar refractivity (Wildman–Crippen MR) is 70.3 cm³/mol. The molecule has 0 aliphatic carbocycles. The maximum atomic E-state index is 12.8. The van der Waals surface area contributed by atoms with E-state index in [0.29, 0.717) is 16.1 Å².